The van der Waals surface area contributed by atoms with E-state index in [4.69, 9.17) is 15.7 Å². The third-order valence-corrected chi connectivity index (χ3v) is 3.48. The molecule has 112 valence electrons. The molecule has 0 radical (unpaired) electrons. The summed E-state index contributed by atoms with van der Waals surface area (Å²) in [6.07, 6.45) is 3.17. The van der Waals surface area contributed by atoms with Crippen molar-refractivity contribution in [2.45, 2.75) is 5.03 Å². The molecule has 0 atom stereocenters. The topological polar surface area (TPSA) is 106 Å². The predicted molar refractivity (Wildman–Crippen MR) is 85.4 cm³/mol. The lowest BCUT2D eigenvalue weighted by Gasteiger charge is -2.05. The number of nitrogens with two attached hydrogens (primary N) is 1. The lowest BCUT2D eigenvalue weighted by atomic mass is 10.2. The molecular weight excluding hydrogens is 302 g/mol. The molecule has 0 bridgehead atoms. The number of anilines is 1. The van der Waals surface area contributed by atoms with E-state index in [0.29, 0.717) is 10.8 Å². The van der Waals surface area contributed by atoms with Gasteiger partial charge >= 0.3 is 0 Å². The van der Waals surface area contributed by atoms with Crippen molar-refractivity contribution >= 4 is 23.9 Å². The third kappa shape index (κ3) is 3.10. The molecule has 1 aromatic carbocycles. The van der Waals surface area contributed by atoms with E-state index in [1.54, 1.807) is 37.6 Å². The Balaban J connectivity index is 2.42. The molecule has 0 saturated heterocycles. The zero-order chi connectivity index (χ0) is 16.1. The Morgan fingerprint density at radius 1 is 1.45 bits per heavy atom. The summed E-state index contributed by atoms with van der Waals surface area (Å²) in [5, 5.41) is 13.4. The zero-order valence-corrected chi connectivity index (χ0v) is 12.8. The summed E-state index contributed by atoms with van der Waals surface area (Å²) < 4.78 is 5.96. The van der Waals surface area contributed by atoms with Crippen molar-refractivity contribution in [1.29, 1.82) is 5.26 Å². The van der Waals surface area contributed by atoms with Gasteiger partial charge in [-0.05, 0) is 36.1 Å². The van der Waals surface area contributed by atoms with Gasteiger partial charge in [-0.15, -0.1) is 11.8 Å². The third-order valence-electron chi connectivity index (χ3n) is 2.80. The minimum absolute atomic E-state index is 0.0712. The second-order valence-corrected chi connectivity index (χ2v) is 4.90. The summed E-state index contributed by atoms with van der Waals surface area (Å²) in [5.41, 5.74) is 5.81. The monoisotopic (exact) mass is 315 g/mol. The molecule has 8 heteroatoms. The maximum Gasteiger partial charge on any atom is 0.294 e. The lowest BCUT2D eigenvalue weighted by molar-refractivity contribution is 0.415. The summed E-state index contributed by atoms with van der Waals surface area (Å²) in [7, 11) is 1.58. The standard InChI is InChI=1S/C14H13N5O2S/c1-21-10-5-3-9(4-6-10)8-17-19-13(20)11(7-15)12(22-2)18-14(19)16/h3-6,8H,1-2H3,(H2,16,18)/b17-8+. The van der Waals surface area contributed by atoms with Crippen molar-refractivity contribution < 1.29 is 4.74 Å². The number of methoxy groups -OCH3 is 1. The number of aromatic nitrogens is 2. The van der Waals surface area contributed by atoms with Crippen molar-refractivity contribution in [2.75, 3.05) is 19.1 Å². The number of rotatable bonds is 4. The maximum atomic E-state index is 12.2. The molecule has 0 aliphatic heterocycles. The van der Waals surface area contributed by atoms with E-state index in [1.165, 1.54) is 18.0 Å². The molecule has 7 nitrogen and oxygen atoms in total. The van der Waals surface area contributed by atoms with E-state index in [1.807, 2.05) is 6.07 Å². The van der Waals surface area contributed by atoms with Crippen LogP contribution in [0.1, 0.15) is 11.1 Å². The average Bonchev–Trinajstić information content (AvgIpc) is 2.54. The van der Waals surface area contributed by atoms with E-state index in [9.17, 15) is 4.79 Å². The van der Waals surface area contributed by atoms with Crippen molar-refractivity contribution in [2.24, 2.45) is 5.10 Å². The molecule has 2 N–H and O–H groups in total. The molecule has 0 spiro atoms. The Labute approximate surface area is 131 Å². The molecule has 0 fully saturated rings. The van der Waals surface area contributed by atoms with Gasteiger partial charge < -0.3 is 10.5 Å². The fourth-order valence-corrected chi connectivity index (χ4v) is 2.20. The minimum Gasteiger partial charge on any atom is -0.497 e. The molecule has 2 aromatic rings. The second-order valence-electron chi connectivity index (χ2n) is 4.10. The summed E-state index contributed by atoms with van der Waals surface area (Å²) >= 11 is 1.18. The zero-order valence-electron chi connectivity index (χ0n) is 12.0. The number of ether oxygens (including phenoxy) is 1. The maximum absolute atomic E-state index is 12.2. The van der Waals surface area contributed by atoms with Crippen LogP contribution in [0.5, 0.6) is 5.75 Å². The first-order valence-electron chi connectivity index (χ1n) is 6.15. The van der Waals surface area contributed by atoms with Gasteiger partial charge in [0.1, 0.15) is 16.8 Å². The van der Waals surface area contributed by atoms with Crippen LogP contribution in [0.3, 0.4) is 0 Å². The number of benzene rings is 1. The van der Waals surface area contributed by atoms with Crippen molar-refractivity contribution in [1.82, 2.24) is 9.66 Å². The number of hydrogen-bond donors (Lipinski definition) is 1. The Hall–Kier alpha value is -2.79. The molecule has 1 heterocycles. The molecule has 2 rings (SSSR count). The fraction of sp³-hybridized carbons (Fsp3) is 0.143. The van der Waals surface area contributed by atoms with Gasteiger partial charge in [-0.25, -0.2) is 4.98 Å². The average molecular weight is 315 g/mol. The highest BCUT2D eigenvalue weighted by atomic mass is 32.2. The summed E-state index contributed by atoms with van der Waals surface area (Å²) in [6.45, 7) is 0. The van der Waals surface area contributed by atoms with Crippen LogP contribution in [-0.4, -0.2) is 29.2 Å². The summed E-state index contributed by atoms with van der Waals surface area (Å²) in [5.74, 6) is 0.643. The minimum atomic E-state index is -0.593. The molecule has 1 aromatic heterocycles. The second kappa shape index (κ2) is 6.78. The smallest absolute Gasteiger partial charge is 0.294 e. The first kappa shape index (κ1) is 15.6. The predicted octanol–water partition coefficient (Wildman–Crippen LogP) is 1.31. The van der Waals surface area contributed by atoms with Crippen LogP contribution >= 0.6 is 11.8 Å². The normalized spacial score (nSPS) is 10.6. The number of nitrogens with zero attached hydrogens (tertiary/aromatic N) is 4. The highest BCUT2D eigenvalue weighted by Crippen LogP contribution is 2.15. The Bertz CT molecular complexity index is 806. The highest BCUT2D eigenvalue weighted by Gasteiger charge is 2.13. The van der Waals surface area contributed by atoms with Crippen LogP contribution < -0.4 is 16.0 Å². The highest BCUT2D eigenvalue weighted by molar-refractivity contribution is 7.98. The van der Waals surface area contributed by atoms with Gasteiger partial charge in [-0.2, -0.15) is 15.0 Å². The van der Waals surface area contributed by atoms with Crippen LogP contribution in [0.2, 0.25) is 0 Å². The quantitative estimate of drug-likeness (QED) is 0.518. The summed E-state index contributed by atoms with van der Waals surface area (Å²) in [6, 6.07) is 8.92. The van der Waals surface area contributed by atoms with E-state index in [2.05, 4.69) is 10.1 Å². The van der Waals surface area contributed by atoms with Gasteiger partial charge in [0, 0.05) is 0 Å². The van der Waals surface area contributed by atoms with Gasteiger partial charge in [0.2, 0.25) is 5.95 Å². The molecule has 0 amide bonds. The largest absolute Gasteiger partial charge is 0.497 e. The first-order chi connectivity index (χ1) is 10.6. The fourth-order valence-electron chi connectivity index (χ4n) is 1.68. The van der Waals surface area contributed by atoms with Gasteiger partial charge in [-0.1, -0.05) is 0 Å². The molecular formula is C14H13N5O2S. The first-order valence-corrected chi connectivity index (χ1v) is 7.38. The van der Waals surface area contributed by atoms with Crippen LogP contribution in [0.4, 0.5) is 5.95 Å². The van der Waals surface area contributed by atoms with E-state index in [-0.39, 0.29) is 11.5 Å². The molecule has 0 unspecified atom stereocenters. The number of hydrogen-bond acceptors (Lipinski definition) is 7. The van der Waals surface area contributed by atoms with Crippen molar-refractivity contribution in [3.05, 3.63) is 45.7 Å². The van der Waals surface area contributed by atoms with E-state index >= 15 is 0 Å². The Morgan fingerprint density at radius 3 is 2.68 bits per heavy atom. The van der Waals surface area contributed by atoms with Gasteiger partial charge in [-0.3, -0.25) is 4.79 Å². The Morgan fingerprint density at radius 2 is 2.14 bits per heavy atom. The van der Waals surface area contributed by atoms with Gasteiger partial charge in [0.05, 0.1) is 13.3 Å². The van der Waals surface area contributed by atoms with Crippen LogP contribution in [0.15, 0.2) is 39.2 Å². The molecule has 0 aliphatic carbocycles. The molecule has 22 heavy (non-hydrogen) atoms. The van der Waals surface area contributed by atoms with E-state index < -0.39 is 5.56 Å². The van der Waals surface area contributed by atoms with Crippen molar-refractivity contribution in [3.63, 3.8) is 0 Å². The molecule has 0 saturated carbocycles. The van der Waals surface area contributed by atoms with Gasteiger partial charge in [0.15, 0.2) is 5.56 Å². The van der Waals surface area contributed by atoms with Gasteiger partial charge in [0.25, 0.3) is 5.56 Å². The summed E-state index contributed by atoms with van der Waals surface area (Å²) in [4.78, 5) is 16.2. The van der Waals surface area contributed by atoms with E-state index in [0.717, 1.165) is 10.2 Å². The SMILES string of the molecule is COc1ccc(/C=N/n2c(N)nc(SC)c(C#N)c2=O)cc1. The molecule has 0 aliphatic rings. The van der Waals surface area contributed by atoms with Crippen LogP contribution in [0, 0.1) is 11.3 Å². The van der Waals surface area contributed by atoms with Crippen molar-refractivity contribution in [3.8, 4) is 11.8 Å². The van der Waals surface area contributed by atoms with Crippen LogP contribution in [-0.2, 0) is 0 Å². The Kier molecular flexibility index (Phi) is 4.80. The number of nitrogen functional groups attached to an aromatic ring is 1. The lowest BCUT2D eigenvalue weighted by Crippen LogP contribution is -2.24. The van der Waals surface area contributed by atoms with Crippen LogP contribution in [0.25, 0.3) is 0 Å². The number of nitriles is 1. The number of thioether (sulfide) groups is 1.